The smallest absolute Gasteiger partial charge is 0.261 e. The van der Waals surface area contributed by atoms with Gasteiger partial charge < -0.3 is 16.4 Å². The molecule has 3 rings (SSSR count). The van der Waals surface area contributed by atoms with E-state index < -0.39 is 0 Å². The highest BCUT2D eigenvalue weighted by Crippen LogP contribution is 2.16. The Bertz CT molecular complexity index is 815. The molecule has 2 aromatic rings. The highest BCUT2D eigenvalue weighted by atomic mass is 16.1. The lowest BCUT2D eigenvalue weighted by Gasteiger charge is -2.32. The van der Waals surface area contributed by atoms with Gasteiger partial charge in [0.2, 0.25) is 0 Å². The van der Waals surface area contributed by atoms with E-state index in [-0.39, 0.29) is 12.1 Å². The van der Waals surface area contributed by atoms with Crippen LogP contribution in [0.15, 0.2) is 35.6 Å². The van der Waals surface area contributed by atoms with Crippen molar-refractivity contribution in [2.75, 3.05) is 31.6 Å². The Labute approximate surface area is 147 Å². The second-order valence-corrected chi connectivity index (χ2v) is 6.44. The molecule has 1 aromatic carbocycles. The molecular formula is C18H26N6O. The van der Waals surface area contributed by atoms with Gasteiger partial charge in [-0.15, -0.1) is 6.58 Å². The second-order valence-electron chi connectivity index (χ2n) is 6.44. The molecule has 134 valence electrons. The Morgan fingerprint density at radius 1 is 1.52 bits per heavy atom. The Hall–Kier alpha value is -2.22. The van der Waals surface area contributed by atoms with Crippen molar-refractivity contribution in [1.82, 2.24) is 19.8 Å². The average molecular weight is 342 g/mol. The molecule has 0 spiro atoms. The van der Waals surface area contributed by atoms with E-state index in [1.807, 2.05) is 18.2 Å². The standard InChI is InChI=1S/C18H26N6O/c1-3-7-24-17(10-19)22-16-9-14(4-5-15(16)18(24)25)21-12-23-8-6-20-13(2)11-23/h3-5,9,13,20-21H,1,6-8,10-12,19H2,2H3/t13-/m0/s1. The number of fused-ring (bicyclic) bond motifs is 1. The molecule has 2 heterocycles. The number of piperazine rings is 1. The summed E-state index contributed by atoms with van der Waals surface area (Å²) in [7, 11) is 0. The molecule has 1 fully saturated rings. The van der Waals surface area contributed by atoms with E-state index in [2.05, 4.69) is 34.0 Å². The maximum atomic E-state index is 12.6. The first-order valence-electron chi connectivity index (χ1n) is 8.66. The molecule has 0 saturated carbocycles. The van der Waals surface area contributed by atoms with E-state index in [4.69, 9.17) is 5.73 Å². The van der Waals surface area contributed by atoms with Gasteiger partial charge in [0.1, 0.15) is 5.82 Å². The van der Waals surface area contributed by atoms with E-state index >= 15 is 0 Å². The molecule has 1 saturated heterocycles. The zero-order valence-corrected chi connectivity index (χ0v) is 14.7. The highest BCUT2D eigenvalue weighted by Gasteiger charge is 2.15. The zero-order valence-electron chi connectivity index (χ0n) is 14.7. The van der Waals surface area contributed by atoms with Crippen LogP contribution in [0.5, 0.6) is 0 Å². The summed E-state index contributed by atoms with van der Waals surface area (Å²) in [5.41, 5.74) is 7.31. The Kier molecular flexibility index (Phi) is 5.47. The first-order chi connectivity index (χ1) is 12.1. The number of allylic oxidation sites excluding steroid dienone is 1. The summed E-state index contributed by atoms with van der Waals surface area (Å²) in [5, 5.41) is 7.46. The van der Waals surface area contributed by atoms with Gasteiger partial charge in [-0.25, -0.2) is 4.98 Å². The fraction of sp³-hybridized carbons (Fsp3) is 0.444. The highest BCUT2D eigenvalue weighted by molar-refractivity contribution is 5.81. The van der Waals surface area contributed by atoms with Crippen molar-refractivity contribution < 1.29 is 0 Å². The monoisotopic (exact) mass is 342 g/mol. The van der Waals surface area contributed by atoms with E-state index in [1.165, 1.54) is 0 Å². The molecule has 4 N–H and O–H groups in total. The molecule has 0 bridgehead atoms. The lowest BCUT2D eigenvalue weighted by molar-refractivity contribution is 0.220. The van der Waals surface area contributed by atoms with E-state index in [0.717, 1.165) is 32.0 Å². The van der Waals surface area contributed by atoms with E-state index in [9.17, 15) is 4.79 Å². The van der Waals surface area contributed by atoms with E-state index in [1.54, 1.807) is 10.6 Å². The van der Waals surface area contributed by atoms with Crippen LogP contribution in [0.4, 0.5) is 5.69 Å². The van der Waals surface area contributed by atoms with Crippen molar-refractivity contribution in [3.05, 3.63) is 47.0 Å². The Morgan fingerprint density at radius 3 is 3.08 bits per heavy atom. The third kappa shape index (κ3) is 3.89. The van der Waals surface area contributed by atoms with Gasteiger partial charge in [0.25, 0.3) is 5.56 Å². The van der Waals surface area contributed by atoms with Gasteiger partial charge in [0.05, 0.1) is 24.1 Å². The molecule has 1 aliphatic heterocycles. The molecule has 0 radical (unpaired) electrons. The maximum absolute atomic E-state index is 12.6. The van der Waals surface area contributed by atoms with Crippen LogP contribution in [0.25, 0.3) is 10.9 Å². The minimum atomic E-state index is -0.0761. The van der Waals surface area contributed by atoms with Crippen LogP contribution in [0.1, 0.15) is 12.7 Å². The van der Waals surface area contributed by atoms with Crippen LogP contribution in [0.2, 0.25) is 0 Å². The largest absolute Gasteiger partial charge is 0.372 e. The second kappa shape index (κ2) is 7.77. The van der Waals surface area contributed by atoms with Crippen molar-refractivity contribution in [1.29, 1.82) is 0 Å². The summed E-state index contributed by atoms with van der Waals surface area (Å²) >= 11 is 0. The molecule has 1 atom stereocenters. The summed E-state index contributed by atoms with van der Waals surface area (Å²) < 4.78 is 1.57. The number of benzene rings is 1. The van der Waals surface area contributed by atoms with Gasteiger partial charge in [-0.2, -0.15) is 0 Å². The molecular weight excluding hydrogens is 316 g/mol. The van der Waals surface area contributed by atoms with Crippen LogP contribution in [-0.4, -0.2) is 46.8 Å². The van der Waals surface area contributed by atoms with Crippen molar-refractivity contribution in [3.8, 4) is 0 Å². The summed E-state index contributed by atoms with van der Waals surface area (Å²) in [4.78, 5) is 19.6. The third-order valence-corrected chi connectivity index (χ3v) is 4.49. The fourth-order valence-electron chi connectivity index (χ4n) is 3.21. The minimum absolute atomic E-state index is 0.0761. The normalized spacial score (nSPS) is 18.4. The third-order valence-electron chi connectivity index (χ3n) is 4.49. The quantitative estimate of drug-likeness (QED) is 0.670. The molecule has 25 heavy (non-hydrogen) atoms. The summed E-state index contributed by atoms with van der Waals surface area (Å²) in [6.07, 6.45) is 1.68. The molecule has 0 amide bonds. The van der Waals surface area contributed by atoms with Crippen molar-refractivity contribution in [3.63, 3.8) is 0 Å². The van der Waals surface area contributed by atoms with Gasteiger partial charge in [0.15, 0.2) is 0 Å². The molecule has 7 nitrogen and oxygen atoms in total. The number of rotatable bonds is 6. The van der Waals surface area contributed by atoms with Crippen LogP contribution < -0.4 is 21.9 Å². The number of nitrogens with two attached hydrogens (primary N) is 1. The summed E-state index contributed by atoms with van der Waals surface area (Å²) in [5.74, 6) is 0.575. The molecule has 0 aliphatic carbocycles. The van der Waals surface area contributed by atoms with Crippen LogP contribution in [-0.2, 0) is 13.1 Å². The molecule has 1 aromatic heterocycles. The molecule has 1 aliphatic rings. The number of hydrogen-bond acceptors (Lipinski definition) is 6. The van der Waals surface area contributed by atoms with Crippen LogP contribution in [0, 0.1) is 0 Å². The molecule has 7 heteroatoms. The number of hydrogen-bond donors (Lipinski definition) is 3. The molecule has 0 unspecified atom stereocenters. The van der Waals surface area contributed by atoms with Crippen LogP contribution >= 0.6 is 0 Å². The van der Waals surface area contributed by atoms with Gasteiger partial charge in [-0.05, 0) is 25.1 Å². The predicted molar refractivity (Wildman–Crippen MR) is 102 cm³/mol. The maximum Gasteiger partial charge on any atom is 0.261 e. The first-order valence-corrected chi connectivity index (χ1v) is 8.66. The number of aromatic nitrogens is 2. The number of nitrogens with zero attached hydrogens (tertiary/aromatic N) is 3. The number of anilines is 1. The fourth-order valence-corrected chi connectivity index (χ4v) is 3.21. The van der Waals surface area contributed by atoms with Crippen molar-refractivity contribution >= 4 is 16.6 Å². The summed E-state index contributed by atoms with van der Waals surface area (Å²) in [6.45, 7) is 10.3. The predicted octanol–water partition coefficient (Wildman–Crippen LogP) is 0.704. The minimum Gasteiger partial charge on any atom is -0.372 e. The Balaban J connectivity index is 1.83. The van der Waals surface area contributed by atoms with Crippen LogP contribution in [0.3, 0.4) is 0 Å². The van der Waals surface area contributed by atoms with Crippen molar-refractivity contribution in [2.24, 2.45) is 5.73 Å². The number of nitrogens with one attached hydrogen (secondary N) is 2. The van der Waals surface area contributed by atoms with E-state index in [0.29, 0.717) is 29.3 Å². The van der Waals surface area contributed by atoms with Gasteiger partial charge in [-0.1, -0.05) is 6.08 Å². The van der Waals surface area contributed by atoms with Gasteiger partial charge >= 0.3 is 0 Å². The van der Waals surface area contributed by atoms with Crippen molar-refractivity contribution in [2.45, 2.75) is 26.1 Å². The Morgan fingerprint density at radius 2 is 2.36 bits per heavy atom. The summed E-state index contributed by atoms with van der Waals surface area (Å²) in [6, 6.07) is 6.18. The van der Waals surface area contributed by atoms with Gasteiger partial charge in [-0.3, -0.25) is 14.3 Å². The first kappa shape index (κ1) is 17.6. The van der Waals surface area contributed by atoms with Gasteiger partial charge in [0, 0.05) is 37.9 Å². The SMILES string of the molecule is C=CCn1c(CN)nc2cc(NCN3CCN[C@@H](C)C3)ccc2c1=O. The topological polar surface area (TPSA) is 88.2 Å². The average Bonchev–Trinajstić information content (AvgIpc) is 2.62. The lowest BCUT2D eigenvalue weighted by atomic mass is 10.2. The zero-order chi connectivity index (χ0) is 17.8. The lowest BCUT2D eigenvalue weighted by Crippen LogP contribution is -2.50.